The predicted molar refractivity (Wildman–Crippen MR) is 83.4 cm³/mol. The first-order valence-electron chi connectivity index (χ1n) is 5.63. The lowest BCUT2D eigenvalue weighted by Gasteiger charge is -2.00. The standard InChI is InChI=1S/C16H15BrO2/c1-4-14(15(17)5-2)16(18)11-8-12-6-9-13(19-3)10-7-12/h4-11H,1-2H2,3H3. The van der Waals surface area contributed by atoms with Crippen LogP contribution in [-0.4, -0.2) is 12.9 Å². The summed E-state index contributed by atoms with van der Waals surface area (Å²) in [5.74, 6) is 0.655. The minimum Gasteiger partial charge on any atom is -0.497 e. The van der Waals surface area contributed by atoms with E-state index >= 15 is 0 Å². The molecule has 19 heavy (non-hydrogen) atoms. The number of ketones is 1. The van der Waals surface area contributed by atoms with Crippen LogP contribution in [0.4, 0.5) is 0 Å². The van der Waals surface area contributed by atoms with Crippen LogP contribution < -0.4 is 4.74 Å². The molecule has 0 spiro atoms. The second kappa shape index (κ2) is 7.54. The third kappa shape index (κ3) is 4.38. The molecule has 0 amide bonds. The van der Waals surface area contributed by atoms with E-state index in [1.165, 1.54) is 12.2 Å². The van der Waals surface area contributed by atoms with E-state index in [1.54, 1.807) is 19.3 Å². The van der Waals surface area contributed by atoms with Gasteiger partial charge in [-0.1, -0.05) is 59.4 Å². The Morgan fingerprint density at radius 2 is 1.84 bits per heavy atom. The highest BCUT2D eigenvalue weighted by molar-refractivity contribution is 9.12. The molecule has 0 saturated heterocycles. The molecule has 0 unspecified atom stereocenters. The average Bonchev–Trinajstić information content (AvgIpc) is 2.46. The van der Waals surface area contributed by atoms with E-state index in [1.807, 2.05) is 24.3 Å². The van der Waals surface area contributed by atoms with Gasteiger partial charge in [0.25, 0.3) is 0 Å². The molecule has 0 heterocycles. The summed E-state index contributed by atoms with van der Waals surface area (Å²) in [6.07, 6.45) is 6.32. The lowest BCUT2D eigenvalue weighted by Crippen LogP contribution is -1.96. The minimum absolute atomic E-state index is 0.127. The number of methoxy groups -OCH3 is 1. The molecule has 0 aliphatic carbocycles. The van der Waals surface area contributed by atoms with E-state index in [0.29, 0.717) is 10.1 Å². The van der Waals surface area contributed by atoms with Crippen LogP contribution >= 0.6 is 15.9 Å². The first-order chi connectivity index (χ1) is 9.12. The lowest BCUT2D eigenvalue weighted by atomic mass is 10.1. The molecule has 3 heteroatoms. The third-order valence-corrected chi connectivity index (χ3v) is 3.20. The van der Waals surface area contributed by atoms with E-state index in [4.69, 9.17) is 4.74 Å². The fourth-order valence-electron chi connectivity index (χ4n) is 1.40. The topological polar surface area (TPSA) is 26.3 Å². The van der Waals surface area contributed by atoms with Crippen molar-refractivity contribution in [3.05, 3.63) is 71.3 Å². The first kappa shape index (κ1) is 15.2. The van der Waals surface area contributed by atoms with Crippen molar-refractivity contribution in [1.29, 1.82) is 0 Å². The van der Waals surface area contributed by atoms with Gasteiger partial charge < -0.3 is 4.74 Å². The van der Waals surface area contributed by atoms with Crippen molar-refractivity contribution >= 4 is 27.8 Å². The molecular weight excluding hydrogens is 304 g/mol. The highest BCUT2D eigenvalue weighted by Crippen LogP contribution is 2.17. The van der Waals surface area contributed by atoms with Gasteiger partial charge in [0.15, 0.2) is 5.78 Å². The molecule has 0 radical (unpaired) electrons. The Kier molecular flexibility index (Phi) is 6.03. The average molecular weight is 319 g/mol. The summed E-state index contributed by atoms with van der Waals surface area (Å²) < 4.78 is 5.70. The van der Waals surface area contributed by atoms with Gasteiger partial charge in [0.05, 0.1) is 7.11 Å². The fraction of sp³-hybridized carbons (Fsp3) is 0.0625. The lowest BCUT2D eigenvalue weighted by molar-refractivity contribution is -0.111. The summed E-state index contributed by atoms with van der Waals surface area (Å²) in [5.41, 5.74) is 1.41. The summed E-state index contributed by atoms with van der Waals surface area (Å²) >= 11 is 3.27. The number of allylic oxidation sites excluding steroid dienone is 5. The Bertz CT molecular complexity index is 536. The second-order valence-corrected chi connectivity index (χ2v) is 4.49. The highest BCUT2D eigenvalue weighted by Gasteiger charge is 2.05. The number of rotatable bonds is 6. The summed E-state index contributed by atoms with van der Waals surface area (Å²) in [7, 11) is 1.61. The molecule has 0 atom stereocenters. The van der Waals surface area contributed by atoms with Crippen LogP contribution in [0.1, 0.15) is 5.56 Å². The molecule has 0 aliphatic heterocycles. The van der Waals surface area contributed by atoms with Crippen molar-refractivity contribution in [2.45, 2.75) is 0 Å². The van der Waals surface area contributed by atoms with Crippen molar-refractivity contribution in [2.75, 3.05) is 7.11 Å². The zero-order valence-corrected chi connectivity index (χ0v) is 12.3. The predicted octanol–water partition coefficient (Wildman–Crippen LogP) is 4.30. The van der Waals surface area contributed by atoms with Crippen LogP contribution in [0, 0.1) is 0 Å². The Morgan fingerprint density at radius 3 is 2.32 bits per heavy atom. The van der Waals surface area contributed by atoms with Gasteiger partial charge in [-0.3, -0.25) is 4.79 Å². The maximum Gasteiger partial charge on any atom is 0.186 e. The molecule has 0 fully saturated rings. The summed E-state index contributed by atoms with van der Waals surface area (Å²) in [4.78, 5) is 12.0. The van der Waals surface area contributed by atoms with Crippen LogP contribution in [0.15, 0.2) is 65.7 Å². The Labute approximate surface area is 121 Å². The van der Waals surface area contributed by atoms with Crippen molar-refractivity contribution in [3.8, 4) is 5.75 Å². The molecule has 0 N–H and O–H groups in total. The van der Waals surface area contributed by atoms with Crippen molar-refractivity contribution in [1.82, 2.24) is 0 Å². The molecule has 2 nitrogen and oxygen atoms in total. The van der Waals surface area contributed by atoms with Crippen LogP contribution in [0.3, 0.4) is 0 Å². The van der Waals surface area contributed by atoms with Crippen molar-refractivity contribution < 1.29 is 9.53 Å². The number of hydrogen-bond acceptors (Lipinski definition) is 2. The summed E-state index contributed by atoms with van der Waals surface area (Å²) in [6, 6.07) is 7.44. The van der Waals surface area contributed by atoms with Crippen LogP contribution in [0.5, 0.6) is 5.75 Å². The molecule has 98 valence electrons. The SMILES string of the molecule is C=CC(Br)=C(C=C)C(=O)C=Cc1ccc(OC)cc1. The maximum atomic E-state index is 12.0. The number of hydrogen-bond donors (Lipinski definition) is 0. The molecule has 0 aromatic heterocycles. The van der Waals surface area contributed by atoms with Gasteiger partial charge in [-0.15, -0.1) is 0 Å². The largest absolute Gasteiger partial charge is 0.497 e. The van der Waals surface area contributed by atoms with E-state index in [9.17, 15) is 4.79 Å². The fourth-order valence-corrected chi connectivity index (χ4v) is 1.76. The number of ether oxygens (including phenoxy) is 1. The Morgan fingerprint density at radius 1 is 1.21 bits per heavy atom. The quantitative estimate of drug-likeness (QED) is 0.577. The summed E-state index contributed by atoms with van der Waals surface area (Å²) in [5, 5.41) is 0. The van der Waals surface area contributed by atoms with Gasteiger partial charge in [0.1, 0.15) is 5.75 Å². The van der Waals surface area contributed by atoms with Gasteiger partial charge in [0, 0.05) is 10.1 Å². The zero-order chi connectivity index (χ0) is 14.3. The number of halogens is 1. The van der Waals surface area contributed by atoms with E-state index in [2.05, 4.69) is 29.1 Å². The summed E-state index contributed by atoms with van der Waals surface area (Å²) in [6.45, 7) is 7.23. The normalized spacial score (nSPS) is 11.9. The zero-order valence-electron chi connectivity index (χ0n) is 10.7. The first-order valence-corrected chi connectivity index (χ1v) is 6.42. The van der Waals surface area contributed by atoms with E-state index in [-0.39, 0.29) is 5.78 Å². The number of benzene rings is 1. The minimum atomic E-state index is -0.127. The van der Waals surface area contributed by atoms with Crippen LogP contribution in [0.25, 0.3) is 6.08 Å². The highest BCUT2D eigenvalue weighted by atomic mass is 79.9. The Balaban J connectivity index is 2.88. The smallest absolute Gasteiger partial charge is 0.186 e. The third-order valence-electron chi connectivity index (χ3n) is 2.45. The van der Waals surface area contributed by atoms with E-state index in [0.717, 1.165) is 11.3 Å². The van der Waals surface area contributed by atoms with Gasteiger partial charge in [-0.2, -0.15) is 0 Å². The van der Waals surface area contributed by atoms with Crippen LogP contribution in [0.2, 0.25) is 0 Å². The molecule has 1 rings (SSSR count). The molecule has 1 aromatic carbocycles. The van der Waals surface area contributed by atoms with Crippen molar-refractivity contribution in [2.24, 2.45) is 0 Å². The Hall–Kier alpha value is -1.87. The second-order valence-electron chi connectivity index (χ2n) is 3.64. The number of carbonyl (C=O) groups excluding carboxylic acids is 1. The van der Waals surface area contributed by atoms with Crippen LogP contribution in [-0.2, 0) is 4.79 Å². The maximum absolute atomic E-state index is 12.0. The van der Waals surface area contributed by atoms with Crippen molar-refractivity contribution in [3.63, 3.8) is 0 Å². The van der Waals surface area contributed by atoms with Gasteiger partial charge in [-0.05, 0) is 23.8 Å². The van der Waals surface area contributed by atoms with Gasteiger partial charge in [-0.25, -0.2) is 0 Å². The number of carbonyl (C=O) groups is 1. The van der Waals surface area contributed by atoms with Gasteiger partial charge >= 0.3 is 0 Å². The monoisotopic (exact) mass is 318 g/mol. The molecule has 0 bridgehead atoms. The molecule has 0 aliphatic rings. The van der Waals surface area contributed by atoms with E-state index < -0.39 is 0 Å². The molecule has 0 saturated carbocycles. The van der Waals surface area contributed by atoms with Gasteiger partial charge in [0.2, 0.25) is 0 Å². The molecular formula is C16H15BrO2. The molecule has 1 aromatic rings.